The maximum Gasteiger partial charge on any atom is 0.321 e. The van der Waals surface area contributed by atoms with Crippen molar-refractivity contribution < 1.29 is 9.59 Å². The minimum absolute atomic E-state index is 0.00291. The van der Waals surface area contributed by atoms with E-state index in [2.05, 4.69) is 15.6 Å². The van der Waals surface area contributed by atoms with Crippen molar-refractivity contribution in [2.24, 2.45) is 0 Å². The highest BCUT2D eigenvalue weighted by molar-refractivity contribution is 7.18. The number of imide groups is 1. The van der Waals surface area contributed by atoms with Crippen LogP contribution in [0.1, 0.15) is 31.3 Å². The van der Waals surface area contributed by atoms with Gasteiger partial charge in [0.25, 0.3) is 0 Å². The van der Waals surface area contributed by atoms with Crippen molar-refractivity contribution in [2.75, 3.05) is 20.1 Å². The highest BCUT2D eigenvalue weighted by Crippen LogP contribution is 2.28. The van der Waals surface area contributed by atoms with Crippen LogP contribution in [-0.4, -0.2) is 42.0 Å². The molecule has 0 aliphatic rings. The molecule has 1 aromatic heterocycles. The zero-order valence-corrected chi connectivity index (χ0v) is 14.4. The van der Waals surface area contributed by atoms with Crippen LogP contribution in [0.2, 0.25) is 0 Å². The first-order valence-electron chi connectivity index (χ1n) is 7.64. The van der Waals surface area contributed by atoms with Gasteiger partial charge in [0.05, 0.1) is 22.8 Å². The molecule has 0 unspecified atom stereocenters. The van der Waals surface area contributed by atoms with Crippen molar-refractivity contribution >= 4 is 33.5 Å². The maximum atomic E-state index is 11.9. The minimum atomic E-state index is -0.446. The first-order chi connectivity index (χ1) is 11.0. The van der Waals surface area contributed by atoms with Gasteiger partial charge in [-0.05, 0) is 32.5 Å². The van der Waals surface area contributed by atoms with E-state index in [1.165, 1.54) is 0 Å². The molecule has 0 saturated carbocycles. The Hall–Kier alpha value is -1.99. The largest absolute Gasteiger partial charge is 0.338 e. The number of aromatic nitrogens is 1. The first-order valence-corrected chi connectivity index (χ1v) is 8.46. The number of hydrogen-bond acceptors (Lipinski definition) is 5. The molecule has 7 heteroatoms. The van der Waals surface area contributed by atoms with Crippen LogP contribution in [0.3, 0.4) is 0 Å². The number of carbonyl (C=O) groups excluding carboxylic acids is 2. The molecule has 2 rings (SSSR count). The van der Waals surface area contributed by atoms with Crippen LogP contribution in [0.4, 0.5) is 4.79 Å². The van der Waals surface area contributed by atoms with Gasteiger partial charge in [-0.1, -0.05) is 19.1 Å². The number of carbonyl (C=O) groups is 2. The van der Waals surface area contributed by atoms with Crippen molar-refractivity contribution in [1.82, 2.24) is 20.5 Å². The van der Waals surface area contributed by atoms with E-state index in [4.69, 9.17) is 0 Å². The number of amides is 3. The third-order valence-electron chi connectivity index (χ3n) is 3.51. The van der Waals surface area contributed by atoms with Crippen LogP contribution >= 0.6 is 11.3 Å². The predicted molar refractivity (Wildman–Crippen MR) is 92.5 cm³/mol. The number of benzene rings is 1. The second kappa shape index (κ2) is 8.03. The number of thiazole rings is 1. The van der Waals surface area contributed by atoms with Crippen molar-refractivity contribution in [3.8, 4) is 0 Å². The summed E-state index contributed by atoms with van der Waals surface area (Å²) in [5.74, 6) is -0.325. The van der Waals surface area contributed by atoms with Gasteiger partial charge in [-0.2, -0.15) is 0 Å². The normalized spacial score (nSPS) is 12.3. The van der Waals surface area contributed by atoms with E-state index in [1.807, 2.05) is 50.1 Å². The standard InChI is InChI=1S/C16H22N4O2S/c1-4-9-17-16(22)19-14(21)10-20(3)11(2)15-18-12-7-5-6-8-13(12)23-15/h5-8,11H,4,9-10H2,1-3H3,(H2,17,19,21,22)/t11-/m0/s1. The highest BCUT2D eigenvalue weighted by atomic mass is 32.1. The minimum Gasteiger partial charge on any atom is -0.338 e. The van der Waals surface area contributed by atoms with Gasteiger partial charge < -0.3 is 5.32 Å². The smallest absolute Gasteiger partial charge is 0.321 e. The van der Waals surface area contributed by atoms with Gasteiger partial charge in [-0.25, -0.2) is 9.78 Å². The van der Waals surface area contributed by atoms with Crippen LogP contribution in [0, 0.1) is 0 Å². The molecule has 1 atom stereocenters. The van der Waals surface area contributed by atoms with Crippen LogP contribution in [0.5, 0.6) is 0 Å². The number of likely N-dealkylation sites (N-methyl/N-ethyl adjacent to an activating group) is 1. The monoisotopic (exact) mass is 334 g/mol. The van der Waals surface area contributed by atoms with Gasteiger partial charge in [0.15, 0.2) is 0 Å². The van der Waals surface area contributed by atoms with E-state index in [0.717, 1.165) is 21.6 Å². The summed E-state index contributed by atoms with van der Waals surface area (Å²) in [7, 11) is 1.85. The maximum absolute atomic E-state index is 11.9. The predicted octanol–water partition coefficient (Wildman–Crippen LogP) is 2.52. The number of nitrogens with one attached hydrogen (secondary N) is 2. The van der Waals surface area contributed by atoms with E-state index in [-0.39, 0.29) is 18.5 Å². The van der Waals surface area contributed by atoms with Gasteiger partial charge in [-0.3, -0.25) is 15.0 Å². The van der Waals surface area contributed by atoms with Crippen molar-refractivity contribution in [3.05, 3.63) is 29.3 Å². The summed E-state index contributed by atoms with van der Waals surface area (Å²) >= 11 is 1.62. The summed E-state index contributed by atoms with van der Waals surface area (Å²) < 4.78 is 1.13. The molecule has 0 saturated heterocycles. The fourth-order valence-corrected chi connectivity index (χ4v) is 3.15. The average Bonchev–Trinajstić information content (AvgIpc) is 2.95. The molecule has 2 aromatic rings. The van der Waals surface area contributed by atoms with E-state index in [0.29, 0.717) is 6.54 Å². The molecular weight excluding hydrogens is 312 g/mol. The number of nitrogens with zero attached hydrogens (tertiary/aromatic N) is 2. The summed E-state index contributed by atoms with van der Waals surface area (Å²) in [6.07, 6.45) is 0.830. The zero-order chi connectivity index (χ0) is 16.8. The van der Waals surface area contributed by atoms with Gasteiger partial charge >= 0.3 is 6.03 Å². The van der Waals surface area contributed by atoms with E-state index >= 15 is 0 Å². The molecule has 1 aromatic carbocycles. The highest BCUT2D eigenvalue weighted by Gasteiger charge is 2.19. The molecule has 3 amide bonds. The molecule has 2 N–H and O–H groups in total. The molecule has 0 aliphatic carbocycles. The Bertz CT molecular complexity index is 653. The van der Waals surface area contributed by atoms with Gasteiger partial charge in [0.1, 0.15) is 5.01 Å². The molecule has 0 spiro atoms. The molecule has 23 heavy (non-hydrogen) atoms. The van der Waals surface area contributed by atoms with Crippen LogP contribution in [-0.2, 0) is 4.79 Å². The lowest BCUT2D eigenvalue weighted by Gasteiger charge is -2.22. The Morgan fingerprint density at radius 2 is 2.09 bits per heavy atom. The number of para-hydroxylation sites is 1. The van der Waals surface area contributed by atoms with Crippen LogP contribution in [0.15, 0.2) is 24.3 Å². The third-order valence-corrected chi connectivity index (χ3v) is 4.72. The van der Waals surface area contributed by atoms with Crippen molar-refractivity contribution in [3.63, 3.8) is 0 Å². The molecule has 0 bridgehead atoms. The molecular formula is C16H22N4O2S. The second-order valence-electron chi connectivity index (χ2n) is 5.41. The first kappa shape index (κ1) is 17.4. The fourth-order valence-electron chi connectivity index (χ4n) is 2.07. The number of rotatable bonds is 6. The molecule has 0 fully saturated rings. The topological polar surface area (TPSA) is 74.3 Å². The summed E-state index contributed by atoms with van der Waals surface area (Å²) in [6.45, 7) is 4.64. The molecule has 0 aliphatic heterocycles. The molecule has 1 heterocycles. The van der Waals surface area contributed by atoms with Gasteiger partial charge in [0, 0.05) is 6.54 Å². The second-order valence-corrected chi connectivity index (χ2v) is 6.48. The Balaban J connectivity index is 1.92. The quantitative estimate of drug-likeness (QED) is 0.851. The summed E-state index contributed by atoms with van der Waals surface area (Å²) in [5.41, 5.74) is 0.969. The van der Waals surface area contributed by atoms with Crippen molar-refractivity contribution in [1.29, 1.82) is 0 Å². The summed E-state index contributed by atoms with van der Waals surface area (Å²) in [5, 5.41) is 5.90. The Morgan fingerprint density at radius 3 is 2.78 bits per heavy atom. The average molecular weight is 334 g/mol. The van der Waals surface area contributed by atoms with E-state index in [1.54, 1.807) is 11.3 Å². The van der Waals surface area contributed by atoms with Crippen molar-refractivity contribution in [2.45, 2.75) is 26.3 Å². The van der Waals surface area contributed by atoms with Crippen LogP contribution < -0.4 is 10.6 Å². The lowest BCUT2D eigenvalue weighted by molar-refractivity contribution is -0.121. The van der Waals surface area contributed by atoms with Gasteiger partial charge in [0.2, 0.25) is 5.91 Å². The number of fused-ring (bicyclic) bond motifs is 1. The van der Waals surface area contributed by atoms with Crippen LogP contribution in [0.25, 0.3) is 10.2 Å². The van der Waals surface area contributed by atoms with E-state index < -0.39 is 6.03 Å². The summed E-state index contributed by atoms with van der Waals surface area (Å²) in [6, 6.07) is 7.51. The summed E-state index contributed by atoms with van der Waals surface area (Å²) in [4.78, 5) is 29.9. The molecule has 6 nitrogen and oxygen atoms in total. The molecule has 124 valence electrons. The third kappa shape index (κ3) is 4.74. The Morgan fingerprint density at radius 1 is 1.35 bits per heavy atom. The lowest BCUT2D eigenvalue weighted by atomic mass is 10.3. The van der Waals surface area contributed by atoms with Gasteiger partial charge in [-0.15, -0.1) is 11.3 Å². The van der Waals surface area contributed by atoms with E-state index in [9.17, 15) is 9.59 Å². The Kier molecular flexibility index (Phi) is 6.06. The fraction of sp³-hybridized carbons (Fsp3) is 0.438. The Labute approximate surface area is 139 Å². The number of urea groups is 1. The molecule has 0 radical (unpaired) electrons. The lowest BCUT2D eigenvalue weighted by Crippen LogP contribution is -2.44. The zero-order valence-electron chi connectivity index (χ0n) is 13.6. The number of hydrogen-bond donors (Lipinski definition) is 2. The SMILES string of the molecule is CCCNC(=O)NC(=O)CN(C)[C@@H](C)c1nc2ccccc2s1.